The summed E-state index contributed by atoms with van der Waals surface area (Å²) >= 11 is 0. The van der Waals surface area contributed by atoms with E-state index in [4.69, 9.17) is 0 Å². The van der Waals surface area contributed by atoms with Crippen LogP contribution < -0.4 is 5.32 Å². The predicted octanol–water partition coefficient (Wildman–Crippen LogP) is 2.97. The van der Waals surface area contributed by atoms with E-state index >= 15 is 0 Å². The van der Waals surface area contributed by atoms with Crippen molar-refractivity contribution in [1.82, 2.24) is 14.9 Å². The van der Waals surface area contributed by atoms with Crippen LogP contribution in [0.15, 0.2) is 36.7 Å². The second-order valence-corrected chi connectivity index (χ2v) is 4.56. The van der Waals surface area contributed by atoms with Crippen molar-refractivity contribution in [2.75, 3.05) is 0 Å². The van der Waals surface area contributed by atoms with E-state index in [-0.39, 0.29) is 17.9 Å². The lowest BCUT2D eigenvalue weighted by molar-refractivity contribution is 0.466. The van der Waals surface area contributed by atoms with E-state index in [1.165, 1.54) is 12.1 Å². The maximum absolute atomic E-state index is 12.9. The third kappa shape index (κ3) is 2.76. The van der Waals surface area contributed by atoms with Crippen LogP contribution in [-0.2, 0) is 7.05 Å². The zero-order valence-corrected chi connectivity index (χ0v) is 10.9. The third-order valence-corrected chi connectivity index (χ3v) is 3.12. The molecule has 18 heavy (non-hydrogen) atoms. The van der Waals surface area contributed by atoms with Crippen molar-refractivity contribution in [1.29, 1.82) is 0 Å². The van der Waals surface area contributed by atoms with Crippen LogP contribution in [0.3, 0.4) is 0 Å². The van der Waals surface area contributed by atoms with E-state index < -0.39 is 0 Å². The van der Waals surface area contributed by atoms with Gasteiger partial charge in [0.05, 0.1) is 6.04 Å². The minimum atomic E-state index is -0.205. The van der Waals surface area contributed by atoms with Crippen molar-refractivity contribution in [3.8, 4) is 0 Å². The van der Waals surface area contributed by atoms with E-state index in [0.29, 0.717) is 0 Å². The highest BCUT2D eigenvalue weighted by atomic mass is 19.1. The Hall–Kier alpha value is -1.68. The Balaban J connectivity index is 2.05. The van der Waals surface area contributed by atoms with E-state index in [9.17, 15) is 4.39 Å². The van der Waals surface area contributed by atoms with Gasteiger partial charge in [-0.05, 0) is 31.5 Å². The fourth-order valence-corrected chi connectivity index (χ4v) is 2.09. The van der Waals surface area contributed by atoms with Crippen LogP contribution in [0.1, 0.15) is 37.3 Å². The standard InChI is InChI=1S/C14H18FN3/c1-10(12-4-6-13(15)7-5-12)17-11(2)14-16-8-9-18(14)3/h4-11,17H,1-3H3/t10-,11?/m1/s1. The van der Waals surface area contributed by atoms with Gasteiger partial charge in [-0.1, -0.05) is 12.1 Å². The molecular weight excluding hydrogens is 229 g/mol. The molecule has 1 aromatic heterocycles. The Bertz CT molecular complexity index is 504. The molecule has 0 saturated carbocycles. The van der Waals surface area contributed by atoms with Gasteiger partial charge in [-0.3, -0.25) is 0 Å². The van der Waals surface area contributed by atoms with E-state index in [0.717, 1.165) is 11.4 Å². The smallest absolute Gasteiger partial charge is 0.125 e. The summed E-state index contributed by atoms with van der Waals surface area (Å²) in [5, 5.41) is 3.45. The molecule has 1 unspecified atom stereocenters. The van der Waals surface area contributed by atoms with Gasteiger partial charge in [-0.2, -0.15) is 0 Å². The van der Waals surface area contributed by atoms with Crippen molar-refractivity contribution in [2.24, 2.45) is 7.05 Å². The monoisotopic (exact) mass is 247 g/mol. The zero-order valence-electron chi connectivity index (χ0n) is 10.9. The number of halogens is 1. The van der Waals surface area contributed by atoms with E-state index in [1.807, 2.05) is 17.8 Å². The van der Waals surface area contributed by atoms with Gasteiger partial charge in [0.25, 0.3) is 0 Å². The summed E-state index contributed by atoms with van der Waals surface area (Å²) in [7, 11) is 1.98. The van der Waals surface area contributed by atoms with Gasteiger partial charge in [0.15, 0.2) is 0 Å². The minimum absolute atomic E-state index is 0.144. The van der Waals surface area contributed by atoms with Crippen LogP contribution in [0.25, 0.3) is 0 Å². The number of hydrogen-bond donors (Lipinski definition) is 1. The normalized spacial score (nSPS) is 14.4. The maximum Gasteiger partial charge on any atom is 0.125 e. The van der Waals surface area contributed by atoms with Crippen LogP contribution in [0.2, 0.25) is 0 Å². The van der Waals surface area contributed by atoms with Gasteiger partial charge in [0.1, 0.15) is 11.6 Å². The second-order valence-electron chi connectivity index (χ2n) is 4.56. The van der Waals surface area contributed by atoms with Gasteiger partial charge in [-0.25, -0.2) is 9.37 Å². The molecule has 2 rings (SSSR count). The molecule has 0 radical (unpaired) electrons. The Morgan fingerprint density at radius 1 is 1.17 bits per heavy atom. The van der Waals surface area contributed by atoms with Crippen molar-refractivity contribution >= 4 is 0 Å². The van der Waals surface area contributed by atoms with Crippen LogP contribution >= 0.6 is 0 Å². The van der Waals surface area contributed by atoms with Crippen molar-refractivity contribution in [3.63, 3.8) is 0 Å². The number of nitrogens with zero attached hydrogens (tertiary/aromatic N) is 2. The summed E-state index contributed by atoms with van der Waals surface area (Å²) in [5.41, 5.74) is 1.07. The first kappa shape index (κ1) is 12.8. The quantitative estimate of drug-likeness (QED) is 0.900. The maximum atomic E-state index is 12.9. The molecule has 0 aliphatic carbocycles. The molecule has 1 N–H and O–H groups in total. The molecule has 0 amide bonds. The molecule has 0 saturated heterocycles. The Morgan fingerprint density at radius 2 is 1.83 bits per heavy atom. The first-order valence-corrected chi connectivity index (χ1v) is 6.06. The number of imidazole rings is 1. The average molecular weight is 247 g/mol. The molecule has 0 aliphatic heterocycles. The molecule has 1 heterocycles. The predicted molar refractivity (Wildman–Crippen MR) is 69.6 cm³/mol. The van der Waals surface area contributed by atoms with Crippen molar-refractivity contribution < 1.29 is 4.39 Å². The van der Waals surface area contributed by atoms with Crippen LogP contribution in [-0.4, -0.2) is 9.55 Å². The number of hydrogen-bond acceptors (Lipinski definition) is 2. The fourth-order valence-electron chi connectivity index (χ4n) is 2.09. The highest BCUT2D eigenvalue weighted by molar-refractivity contribution is 5.19. The Labute approximate surface area is 107 Å². The van der Waals surface area contributed by atoms with Gasteiger partial charge >= 0.3 is 0 Å². The largest absolute Gasteiger partial charge is 0.337 e. The number of aryl methyl sites for hydroxylation is 1. The topological polar surface area (TPSA) is 29.9 Å². The molecule has 4 heteroatoms. The van der Waals surface area contributed by atoms with Crippen LogP contribution in [0.5, 0.6) is 0 Å². The molecule has 1 aromatic carbocycles. The molecule has 2 atom stereocenters. The number of aromatic nitrogens is 2. The lowest BCUT2D eigenvalue weighted by Crippen LogP contribution is -2.24. The SMILES string of the molecule is CC(N[C@H](C)c1ccc(F)cc1)c1nccn1C. The first-order chi connectivity index (χ1) is 8.58. The molecule has 0 aliphatic rings. The molecule has 0 fully saturated rings. The average Bonchev–Trinajstić information content (AvgIpc) is 2.76. The Morgan fingerprint density at radius 3 is 2.39 bits per heavy atom. The minimum Gasteiger partial charge on any atom is -0.337 e. The second kappa shape index (κ2) is 5.31. The molecule has 96 valence electrons. The van der Waals surface area contributed by atoms with Crippen LogP contribution in [0.4, 0.5) is 4.39 Å². The molecule has 0 spiro atoms. The van der Waals surface area contributed by atoms with Gasteiger partial charge < -0.3 is 9.88 Å². The number of benzene rings is 1. The van der Waals surface area contributed by atoms with Gasteiger partial charge in [0.2, 0.25) is 0 Å². The summed E-state index contributed by atoms with van der Waals surface area (Å²) < 4.78 is 14.9. The van der Waals surface area contributed by atoms with Crippen molar-refractivity contribution in [3.05, 3.63) is 53.9 Å². The summed E-state index contributed by atoms with van der Waals surface area (Å²) in [6.45, 7) is 4.13. The summed E-state index contributed by atoms with van der Waals surface area (Å²) in [4.78, 5) is 4.32. The third-order valence-electron chi connectivity index (χ3n) is 3.12. The van der Waals surface area contributed by atoms with Gasteiger partial charge in [-0.15, -0.1) is 0 Å². The summed E-state index contributed by atoms with van der Waals surface area (Å²) in [5.74, 6) is 0.784. The molecule has 2 aromatic rings. The zero-order chi connectivity index (χ0) is 13.1. The highest BCUT2D eigenvalue weighted by Crippen LogP contribution is 2.18. The number of rotatable bonds is 4. The van der Waals surface area contributed by atoms with E-state index in [2.05, 4.69) is 24.1 Å². The summed E-state index contributed by atoms with van der Waals surface area (Å²) in [6, 6.07) is 6.87. The Kier molecular flexibility index (Phi) is 3.77. The number of nitrogens with one attached hydrogen (secondary N) is 1. The molecule has 3 nitrogen and oxygen atoms in total. The fraction of sp³-hybridized carbons (Fsp3) is 0.357. The van der Waals surface area contributed by atoms with Crippen molar-refractivity contribution in [2.45, 2.75) is 25.9 Å². The highest BCUT2D eigenvalue weighted by Gasteiger charge is 2.14. The van der Waals surface area contributed by atoms with E-state index in [1.54, 1.807) is 18.3 Å². The molecule has 0 bridgehead atoms. The lowest BCUT2D eigenvalue weighted by Gasteiger charge is -2.20. The lowest BCUT2D eigenvalue weighted by atomic mass is 10.1. The van der Waals surface area contributed by atoms with Crippen LogP contribution in [0, 0.1) is 5.82 Å². The first-order valence-electron chi connectivity index (χ1n) is 6.06. The van der Waals surface area contributed by atoms with Gasteiger partial charge in [0, 0.05) is 25.5 Å². The summed E-state index contributed by atoms with van der Waals surface area (Å²) in [6.07, 6.45) is 3.71. The molecular formula is C14H18FN3.